The molecule has 0 radical (unpaired) electrons. The Morgan fingerprint density at radius 3 is 2.50 bits per heavy atom. The molecule has 1 saturated heterocycles. The number of halogens is 2. The summed E-state index contributed by atoms with van der Waals surface area (Å²) in [7, 11) is 1.75. The third kappa shape index (κ3) is 4.34. The van der Waals surface area contributed by atoms with Crippen molar-refractivity contribution in [1.82, 2.24) is 25.2 Å². The molecule has 0 aliphatic carbocycles. The minimum Gasteiger partial charge on any atom is -0.383 e. The Hall–Kier alpha value is -3.07. The van der Waals surface area contributed by atoms with Crippen LogP contribution >= 0.6 is 0 Å². The van der Waals surface area contributed by atoms with Crippen molar-refractivity contribution in [3.8, 4) is 11.3 Å². The first kappa shape index (κ1) is 25.2. The van der Waals surface area contributed by atoms with E-state index in [1.54, 1.807) is 31.4 Å². The monoisotopic (exact) mass is 519 g/mol. The van der Waals surface area contributed by atoms with Gasteiger partial charge in [0.25, 0.3) is 0 Å². The second kappa shape index (κ2) is 9.59. The predicted octanol–water partition coefficient (Wildman–Crippen LogP) is 5.47. The molecule has 4 aromatic rings. The second-order valence-electron chi connectivity index (χ2n) is 11.3. The zero-order valence-corrected chi connectivity index (χ0v) is 22.2. The van der Waals surface area contributed by atoms with Crippen LogP contribution in [0.15, 0.2) is 48.7 Å². The van der Waals surface area contributed by atoms with E-state index in [4.69, 9.17) is 9.72 Å². The smallest absolute Gasteiger partial charge is 0.126 e. The Labute approximate surface area is 221 Å². The Bertz CT molecular complexity index is 1440. The largest absolute Gasteiger partial charge is 0.383 e. The number of benzene rings is 2. The number of hydrogen-bond acceptors (Lipinski definition) is 4. The van der Waals surface area contributed by atoms with Crippen molar-refractivity contribution in [1.29, 1.82) is 0 Å². The average molecular weight is 520 g/mol. The van der Waals surface area contributed by atoms with Crippen LogP contribution in [0.1, 0.15) is 43.8 Å². The molecule has 0 bridgehead atoms. The quantitative estimate of drug-likeness (QED) is 0.316. The molecule has 3 N–H and O–H groups in total. The van der Waals surface area contributed by atoms with E-state index in [0.717, 1.165) is 72.8 Å². The molecule has 2 aliphatic heterocycles. The lowest BCUT2D eigenvalue weighted by atomic mass is 9.69. The fraction of sp³-hybridized carbons (Fsp3) is 0.433. The highest BCUT2D eigenvalue weighted by Crippen LogP contribution is 2.47. The molecule has 2 aromatic heterocycles. The fourth-order valence-electron chi connectivity index (χ4n) is 6.67. The van der Waals surface area contributed by atoms with Crippen LogP contribution in [0.4, 0.5) is 8.78 Å². The second-order valence-corrected chi connectivity index (χ2v) is 11.3. The van der Waals surface area contributed by atoms with Crippen LogP contribution in [0.25, 0.3) is 22.2 Å². The van der Waals surface area contributed by atoms with Crippen LogP contribution in [0.5, 0.6) is 0 Å². The highest BCUT2D eigenvalue weighted by Gasteiger charge is 2.50. The van der Waals surface area contributed by atoms with Gasteiger partial charge in [-0.15, -0.1) is 0 Å². The molecule has 1 unspecified atom stereocenters. The van der Waals surface area contributed by atoms with Gasteiger partial charge in [-0.2, -0.15) is 0 Å². The topological polar surface area (TPSA) is 69.0 Å². The van der Waals surface area contributed by atoms with Crippen molar-refractivity contribution in [3.05, 3.63) is 77.4 Å². The highest BCUT2D eigenvalue weighted by atomic mass is 19.1. The summed E-state index contributed by atoms with van der Waals surface area (Å²) in [5.74, 6) is 0.712. The third-order valence-electron chi connectivity index (χ3n) is 8.72. The van der Waals surface area contributed by atoms with Gasteiger partial charge in [0.2, 0.25) is 0 Å². The van der Waals surface area contributed by atoms with Gasteiger partial charge in [-0.1, -0.05) is 0 Å². The third-order valence-corrected chi connectivity index (χ3v) is 8.72. The predicted molar refractivity (Wildman–Crippen MR) is 145 cm³/mol. The first-order chi connectivity index (χ1) is 18.3. The summed E-state index contributed by atoms with van der Waals surface area (Å²) in [6.45, 7) is 8.20. The SMILES string of the molecule is COCCN1CCC(C2(C)N[C@@](C)(c3ncc(-c4ccc(F)cc4)[nH]3)Cc3c2[nH]c2cc(F)ccc32)CC1. The van der Waals surface area contributed by atoms with Crippen LogP contribution in [0, 0.1) is 17.6 Å². The summed E-state index contributed by atoms with van der Waals surface area (Å²) in [6.07, 6.45) is 4.62. The van der Waals surface area contributed by atoms with Gasteiger partial charge in [0.15, 0.2) is 0 Å². The van der Waals surface area contributed by atoms with Gasteiger partial charge >= 0.3 is 0 Å². The van der Waals surface area contributed by atoms with E-state index in [0.29, 0.717) is 12.3 Å². The molecule has 0 saturated carbocycles. The number of nitrogens with zero attached hydrogens (tertiary/aromatic N) is 2. The van der Waals surface area contributed by atoms with Crippen molar-refractivity contribution in [2.45, 2.75) is 44.2 Å². The number of rotatable bonds is 6. The van der Waals surface area contributed by atoms with Gasteiger partial charge < -0.3 is 19.6 Å². The standard InChI is InChI=1S/C30H35F2N5O/c1-29(28-33-18-26(35-28)19-4-6-21(31)7-5-19)17-24-23-9-8-22(32)16-25(23)34-27(24)30(2,36-29)20-10-12-37(13-11-20)14-15-38-3/h4-9,16,18,20,34,36H,10-15,17H2,1-3H3,(H,33,35)/t29-,30?/m1/s1. The van der Waals surface area contributed by atoms with Gasteiger partial charge in [0, 0.05) is 36.7 Å². The lowest BCUT2D eigenvalue weighted by molar-refractivity contribution is 0.0618. The molecule has 8 heteroatoms. The number of aromatic amines is 2. The molecule has 38 heavy (non-hydrogen) atoms. The number of ether oxygens (including phenoxy) is 1. The van der Waals surface area contributed by atoms with Gasteiger partial charge in [-0.25, -0.2) is 13.8 Å². The average Bonchev–Trinajstić information content (AvgIpc) is 3.54. The molecule has 4 heterocycles. The molecule has 2 aliphatic rings. The van der Waals surface area contributed by atoms with E-state index in [1.165, 1.54) is 17.7 Å². The molecule has 200 valence electrons. The maximum absolute atomic E-state index is 14.2. The van der Waals surface area contributed by atoms with Gasteiger partial charge in [0.05, 0.1) is 29.6 Å². The summed E-state index contributed by atoms with van der Waals surface area (Å²) >= 11 is 0. The molecular formula is C30H35F2N5O. The number of fused-ring (bicyclic) bond motifs is 3. The number of likely N-dealkylation sites (tertiary alicyclic amines) is 1. The van der Waals surface area contributed by atoms with Crippen LogP contribution in [-0.2, 0) is 22.2 Å². The summed E-state index contributed by atoms with van der Waals surface area (Å²) in [5.41, 5.74) is 4.07. The van der Waals surface area contributed by atoms with E-state index in [9.17, 15) is 8.78 Å². The van der Waals surface area contributed by atoms with E-state index in [2.05, 4.69) is 34.0 Å². The summed E-state index contributed by atoms with van der Waals surface area (Å²) < 4.78 is 33.0. The molecule has 6 nitrogen and oxygen atoms in total. The number of piperidine rings is 1. The van der Waals surface area contributed by atoms with Crippen LogP contribution in [0.3, 0.4) is 0 Å². The summed E-state index contributed by atoms with van der Waals surface area (Å²) in [6, 6.07) is 11.5. The Kier molecular flexibility index (Phi) is 6.37. The van der Waals surface area contributed by atoms with Crippen LogP contribution in [0.2, 0.25) is 0 Å². The molecule has 0 amide bonds. The zero-order chi connectivity index (χ0) is 26.5. The Morgan fingerprint density at radius 2 is 1.76 bits per heavy atom. The first-order valence-electron chi connectivity index (χ1n) is 13.4. The van der Waals surface area contributed by atoms with Gasteiger partial charge in [-0.05, 0) is 99.3 Å². The van der Waals surface area contributed by atoms with E-state index in [1.807, 2.05) is 12.3 Å². The summed E-state index contributed by atoms with van der Waals surface area (Å²) in [4.78, 5) is 14.4. The fourth-order valence-corrected chi connectivity index (χ4v) is 6.67. The molecule has 6 rings (SSSR count). The van der Waals surface area contributed by atoms with Crippen molar-refractivity contribution < 1.29 is 13.5 Å². The van der Waals surface area contributed by atoms with E-state index in [-0.39, 0.29) is 17.2 Å². The molecule has 2 atom stereocenters. The molecular weight excluding hydrogens is 484 g/mol. The van der Waals surface area contributed by atoms with Crippen molar-refractivity contribution in [2.75, 3.05) is 33.4 Å². The van der Waals surface area contributed by atoms with Crippen LogP contribution < -0.4 is 5.32 Å². The lowest BCUT2D eigenvalue weighted by Crippen LogP contribution is -2.61. The summed E-state index contributed by atoms with van der Waals surface area (Å²) in [5, 5.41) is 5.09. The lowest BCUT2D eigenvalue weighted by Gasteiger charge is -2.51. The number of methoxy groups -OCH3 is 1. The van der Waals surface area contributed by atoms with Crippen molar-refractivity contribution >= 4 is 10.9 Å². The van der Waals surface area contributed by atoms with Gasteiger partial charge in [0.1, 0.15) is 17.5 Å². The Balaban J connectivity index is 1.39. The van der Waals surface area contributed by atoms with Crippen molar-refractivity contribution in [3.63, 3.8) is 0 Å². The number of nitrogens with one attached hydrogen (secondary N) is 3. The number of imidazole rings is 1. The molecule has 2 aromatic carbocycles. The first-order valence-corrected chi connectivity index (χ1v) is 13.4. The van der Waals surface area contributed by atoms with Gasteiger partial charge in [-0.3, -0.25) is 5.32 Å². The number of aromatic nitrogens is 3. The normalized spacial score (nSPS) is 24.7. The van der Waals surface area contributed by atoms with Crippen molar-refractivity contribution in [2.24, 2.45) is 5.92 Å². The Morgan fingerprint density at radius 1 is 1.03 bits per heavy atom. The molecule has 0 spiro atoms. The van der Waals surface area contributed by atoms with E-state index >= 15 is 0 Å². The minimum absolute atomic E-state index is 0.241. The molecule has 1 fully saturated rings. The number of hydrogen-bond donors (Lipinski definition) is 3. The van der Waals surface area contributed by atoms with Crippen LogP contribution in [-0.4, -0.2) is 53.2 Å². The maximum Gasteiger partial charge on any atom is 0.126 e. The minimum atomic E-state index is -0.489. The highest BCUT2D eigenvalue weighted by molar-refractivity contribution is 5.85. The van der Waals surface area contributed by atoms with E-state index < -0.39 is 5.54 Å². The number of H-pyrrole nitrogens is 2. The zero-order valence-electron chi connectivity index (χ0n) is 22.2. The maximum atomic E-state index is 14.2.